The van der Waals surface area contributed by atoms with Gasteiger partial charge in [0.2, 0.25) is 0 Å². The smallest absolute Gasteiger partial charge is 0.410 e. The third kappa shape index (κ3) is 4.34. The van der Waals surface area contributed by atoms with Crippen LogP contribution in [0.4, 0.5) is 9.18 Å². The van der Waals surface area contributed by atoms with Gasteiger partial charge in [0.1, 0.15) is 11.9 Å². The molecule has 4 heterocycles. The van der Waals surface area contributed by atoms with Crippen LogP contribution in [0.5, 0.6) is 0 Å². The summed E-state index contributed by atoms with van der Waals surface area (Å²) in [5.74, 6) is -0.553. The highest BCUT2D eigenvalue weighted by Crippen LogP contribution is 2.43. The molecule has 0 radical (unpaired) electrons. The Kier molecular flexibility index (Phi) is 6.40. The summed E-state index contributed by atoms with van der Waals surface area (Å²) in [5.41, 5.74) is 9.73. The first kappa shape index (κ1) is 24.3. The number of hydrogen-bond donors (Lipinski definition) is 2. The Hall–Kier alpha value is -4.05. The van der Waals surface area contributed by atoms with E-state index in [1.165, 1.54) is 6.07 Å². The van der Waals surface area contributed by atoms with E-state index in [1.54, 1.807) is 46.1 Å². The Labute approximate surface area is 218 Å². The fraction of sp³-hybridized carbons (Fsp3) is 0.357. The molecule has 1 amide bonds. The number of pyridine rings is 2. The second-order valence-electron chi connectivity index (χ2n) is 9.97. The molecule has 2 aliphatic rings. The lowest BCUT2D eigenvalue weighted by atomic mass is 9.86. The molecule has 1 aliphatic heterocycles. The van der Waals surface area contributed by atoms with Crippen LogP contribution in [0.1, 0.15) is 66.6 Å². The van der Waals surface area contributed by atoms with Gasteiger partial charge >= 0.3 is 11.8 Å². The van der Waals surface area contributed by atoms with Crippen LogP contribution >= 0.6 is 0 Å². The number of carbonyl (C=O) groups is 1. The van der Waals surface area contributed by atoms with Gasteiger partial charge in [0, 0.05) is 43.5 Å². The molecule has 1 fully saturated rings. The number of halogens is 1. The molecule has 1 aliphatic carbocycles. The summed E-state index contributed by atoms with van der Waals surface area (Å²) >= 11 is 0. The molecular weight excluding hydrogens is 487 g/mol. The van der Waals surface area contributed by atoms with Crippen LogP contribution in [-0.2, 0) is 4.74 Å². The quantitative estimate of drug-likeness (QED) is 0.391. The van der Waals surface area contributed by atoms with Crippen molar-refractivity contribution in [1.29, 1.82) is 0 Å². The molecule has 1 saturated heterocycles. The van der Waals surface area contributed by atoms with Crippen LogP contribution in [-0.4, -0.2) is 43.6 Å². The van der Waals surface area contributed by atoms with E-state index >= 15 is 0 Å². The number of nitrogens with one attached hydrogen (secondary N) is 1. The molecule has 3 N–H and O–H groups in total. The molecule has 9 nitrogen and oxygen atoms in total. The zero-order chi connectivity index (χ0) is 26.2. The number of nitrogens with two attached hydrogens (primary N) is 1. The van der Waals surface area contributed by atoms with E-state index in [2.05, 4.69) is 15.0 Å². The highest BCUT2D eigenvalue weighted by atomic mass is 19.1. The second kappa shape index (κ2) is 10.0. The Morgan fingerprint density at radius 1 is 0.974 bits per heavy atom. The highest BCUT2D eigenvalue weighted by Gasteiger charge is 2.36. The van der Waals surface area contributed by atoms with Crippen molar-refractivity contribution < 1.29 is 13.9 Å². The Morgan fingerprint density at radius 3 is 2.53 bits per heavy atom. The molecule has 6 rings (SSSR count). The van der Waals surface area contributed by atoms with Crippen LogP contribution in [0.3, 0.4) is 0 Å². The average Bonchev–Trinajstić information content (AvgIpc) is 3.21. The second-order valence-corrected chi connectivity index (χ2v) is 9.97. The zero-order valence-corrected chi connectivity index (χ0v) is 20.8. The summed E-state index contributed by atoms with van der Waals surface area (Å²) in [6.07, 6.45) is 4.57. The fourth-order valence-corrected chi connectivity index (χ4v) is 5.88. The number of ether oxygens (including phenoxy) is 1. The summed E-state index contributed by atoms with van der Waals surface area (Å²) in [5, 5.41) is 0. The van der Waals surface area contributed by atoms with Gasteiger partial charge in [0.25, 0.3) is 0 Å². The van der Waals surface area contributed by atoms with Crippen LogP contribution in [0, 0.1) is 5.82 Å². The van der Waals surface area contributed by atoms with Crippen molar-refractivity contribution in [2.24, 2.45) is 5.73 Å². The number of benzene rings is 1. The molecule has 10 heteroatoms. The van der Waals surface area contributed by atoms with Crippen molar-refractivity contribution >= 4 is 17.3 Å². The summed E-state index contributed by atoms with van der Waals surface area (Å²) in [7, 11) is 0. The number of rotatable bonds is 3. The number of fused-ring (bicyclic) bond motifs is 2. The summed E-state index contributed by atoms with van der Waals surface area (Å²) in [6.45, 7) is 0.906. The molecule has 4 aromatic rings. The summed E-state index contributed by atoms with van der Waals surface area (Å²) < 4.78 is 22.4. The molecule has 0 unspecified atom stereocenters. The summed E-state index contributed by atoms with van der Waals surface area (Å²) in [4.78, 5) is 39.2. The number of piperidine rings is 1. The van der Waals surface area contributed by atoms with Gasteiger partial charge < -0.3 is 20.4 Å². The van der Waals surface area contributed by atoms with Crippen LogP contribution < -0.4 is 11.4 Å². The van der Waals surface area contributed by atoms with Gasteiger partial charge in [-0.3, -0.25) is 9.55 Å². The largest absolute Gasteiger partial charge is 0.440 e. The minimum atomic E-state index is -0.584. The van der Waals surface area contributed by atoms with Crippen molar-refractivity contribution in [2.45, 2.75) is 49.8 Å². The van der Waals surface area contributed by atoms with Gasteiger partial charge in [-0.1, -0.05) is 24.3 Å². The lowest BCUT2D eigenvalue weighted by molar-refractivity contribution is 0.0472. The third-order valence-electron chi connectivity index (χ3n) is 7.82. The van der Waals surface area contributed by atoms with Crippen LogP contribution in [0.2, 0.25) is 0 Å². The Morgan fingerprint density at radius 2 is 1.71 bits per heavy atom. The highest BCUT2D eigenvalue weighted by molar-refractivity contribution is 5.70. The predicted octanol–water partition coefficient (Wildman–Crippen LogP) is 4.35. The fourth-order valence-electron chi connectivity index (χ4n) is 5.88. The number of likely N-dealkylation sites (tertiary alicyclic amines) is 1. The monoisotopic (exact) mass is 516 g/mol. The maximum atomic E-state index is 14.7. The number of carbonyl (C=O) groups excluding carboxylic acids is 1. The van der Waals surface area contributed by atoms with E-state index < -0.39 is 18.2 Å². The predicted molar refractivity (Wildman–Crippen MR) is 139 cm³/mol. The molecule has 1 aromatic carbocycles. The molecular formula is C28H29FN6O3. The van der Waals surface area contributed by atoms with Gasteiger partial charge in [-0.25, -0.2) is 19.0 Å². The molecule has 38 heavy (non-hydrogen) atoms. The number of imidazole rings is 1. The molecule has 0 bridgehead atoms. The molecule has 0 saturated carbocycles. The van der Waals surface area contributed by atoms with Crippen molar-refractivity contribution in [3.05, 3.63) is 94.0 Å². The zero-order valence-electron chi connectivity index (χ0n) is 20.8. The normalized spacial score (nSPS) is 22.2. The first-order valence-electron chi connectivity index (χ1n) is 13.0. The van der Waals surface area contributed by atoms with E-state index in [1.807, 2.05) is 18.2 Å². The van der Waals surface area contributed by atoms with Gasteiger partial charge in [0.05, 0.1) is 11.2 Å². The van der Waals surface area contributed by atoms with E-state index in [0.29, 0.717) is 61.2 Å². The van der Waals surface area contributed by atoms with Crippen LogP contribution in [0.25, 0.3) is 11.2 Å². The lowest BCUT2D eigenvalue weighted by Gasteiger charge is -2.32. The summed E-state index contributed by atoms with van der Waals surface area (Å²) in [6, 6.07) is 13.4. The first-order chi connectivity index (χ1) is 18.5. The Balaban J connectivity index is 1.17. The van der Waals surface area contributed by atoms with Gasteiger partial charge in [-0.05, 0) is 61.1 Å². The lowest BCUT2D eigenvalue weighted by Crippen LogP contribution is -2.41. The maximum absolute atomic E-state index is 14.7. The number of hydrogen-bond acceptors (Lipinski definition) is 6. The molecule has 0 spiro atoms. The van der Waals surface area contributed by atoms with E-state index in [9.17, 15) is 14.0 Å². The topological polar surface area (TPSA) is 119 Å². The standard InChI is InChI=1S/C28H29FN6O3/c29-21-7-2-1-5-18(21)19-9-10-23(25-20(24(19)30)6-3-13-31-25)38-28(37)34-15-11-17(12-16-34)35-26-22(33-27(35)36)8-4-14-32-26/h1-8,13-14,17,19,23-24H,9-12,15-16,30H2,(H,33,36)/t19-,23+,24-/m0/s1. The number of H-pyrrole nitrogens is 1. The van der Waals surface area contributed by atoms with Crippen molar-refractivity contribution in [1.82, 2.24) is 24.4 Å². The minimum Gasteiger partial charge on any atom is -0.440 e. The van der Waals surface area contributed by atoms with Crippen molar-refractivity contribution in [3.63, 3.8) is 0 Å². The van der Waals surface area contributed by atoms with Gasteiger partial charge in [0.15, 0.2) is 5.65 Å². The molecule has 3 atom stereocenters. The minimum absolute atomic E-state index is 0.0602. The number of aromatic nitrogens is 4. The third-order valence-corrected chi connectivity index (χ3v) is 7.82. The van der Waals surface area contributed by atoms with Crippen molar-refractivity contribution in [2.75, 3.05) is 13.1 Å². The maximum Gasteiger partial charge on any atom is 0.410 e. The van der Waals surface area contributed by atoms with E-state index in [4.69, 9.17) is 10.5 Å². The number of amides is 1. The Bertz CT molecular complexity index is 1530. The SMILES string of the molecule is N[C@@H]1c2cccnc2[C@H](OC(=O)N2CCC(n3c(=O)[nH]c4cccnc43)CC2)CC[C@H]1c1ccccc1F. The average molecular weight is 517 g/mol. The molecule has 3 aromatic heterocycles. The van der Waals surface area contributed by atoms with Gasteiger partial charge in [-0.2, -0.15) is 0 Å². The van der Waals surface area contributed by atoms with Crippen molar-refractivity contribution in [3.8, 4) is 0 Å². The van der Waals surface area contributed by atoms with E-state index in [0.717, 1.165) is 5.56 Å². The van der Waals surface area contributed by atoms with E-state index in [-0.39, 0.29) is 23.5 Å². The number of aromatic amines is 1. The molecule has 196 valence electrons. The number of nitrogens with zero attached hydrogens (tertiary/aromatic N) is 4. The first-order valence-corrected chi connectivity index (χ1v) is 13.0. The van der Waals surface area contributed by atoms with Crippen LogP contribution in [0.15, 0.2) is 65.7 Å². The van der Waals surface area contributed by atoms with Gasteiger partial charge in [-0.15, -0.1) is 0 Å².